The molecule has 124 valence electrons. The van der Waals surface area contributed by atoms with Gasteiger partial charge in [-0.1, -0.05) is 6.07 Å². The lowest BCUT2D eigenvalue weighted by molar-refractivity contribution is -0.140. The van der Waals surface area contributed by atoms with Gasteiger partial charge in [0, 0.05) is 18.2 Å². The van der Waals surface area contributed by atoms with Crippen LogP contribution in [-0.4, -0.2) is 48.3 Å². The molecule has 1 saturated heterocycles. The smallest absolute Gasteiger partial charge is 0.322 e. The molecule has 0 spiro atoms. The number of sulfonamides is 1. The van der Waals surface area contributed by atoms with Crippen LogP contribution in [0.15, 0.2) is 29.2 Å². The molecule has 1 atom stereocenters. The minimum Gasteiger partial charge on any atom is -0.480 e. The zero-order chi connectivity index (χ0) is 16.6. The molecule has 1 aromatic carbocycles. The minimum atomic E-state index is -3.93. The molecular weight excluding hydrogens is 320 g/mol. The molecule has 1 amide bonds. The van der Waals surface area contributed by atoms with Crippen LogP contribution in [0.3, 0.4) is 0 Å². The number of nitrogens with one attached hydrogen (secondary N) is 1. The first-order valence-corrected chi connectivity index (χ1v) is 8.99. The van der Waals surface area contributed by atoms with E-state index in [0.717, 1.165) is 17.1 Å². The van der Waals surface area contributed by atoms with Crippen LogP contribution < -0.4 is 5.32 Å². The molecule has 2 aliphatic rings. The number of carbonyl (C=O) groups excluding carboxylic acids is 1. The topological polar surface area (TPSA) is 104 Å². The summed E-state index contributed by atoms with van der Waals surface area (Å²) in [6.07, 6.45) is 2.70. The van der Waals surface area contributed by atoms with E-state index < -0.39 is 22.0 Å². The van der Waals surface area contributed by atoms with Crippen molar-refractivity contribution in [2.45, 2.75) is 42.7 Å². The first-order valence-electron chi connectivity index (χ1n) is 7.55. The molecule has 1 aliphatic carbocycles. The Morgan fingerprint density at radius 2 is 1.96 bits per heavy atom. The molecule has 1 aliphatic heterocycles. The number of carbonyl (C=O) groups is 2. The van der Waals surface area contributed by atoms with Crippen LogP contribution in [-0.2, 0) is 14.8 Å². The standard InChI is InChI=1S/C15H18N2O5S/c18-14(16-11-6-7-11)10-3-1-4-12(9-10)23(21,22)17-8-2-5-13(17)15(19)20/h1,3-4,9,11,13H,2,5-8H2,(H,16,18)(H,19,20)/t13-/m1/s1. The third kappa shape index (κ3) is 3.23. The zero-order valence-corrected chi connectivity index (χ0v) is 13.3. The van der Waals surface area contributed by atoms with Crippen molar-refractivity contribution in [3.05, 3.63) is 29.8 Å². The summed E-state index contributed by atoms with van der Waals surface area (Å²) in [6, 6.07) is 4.89. The maximum absolute atomic E-state index is 12.7. The van der Waals surface area contributed by atoms with Gasteiger partial charge in [-0.05, 0) is 43.9 Å². The van der Waals surface area contributed by atoms with Gasteiger partial charge in [-0.25, -0.2) is 8.42 Å². The Labute approximate surface area is 134 Å². The minimum absolute atomic E-state index is 0.0471. The van der Waals surface area contributed by atoms with Crippen molar-refractivity contribution in [1.82, 2.24) is 9.62 Å². The van der Waals surface area contributed by atoms with Crippen molar-refractivity contribution < 1.29 is 23.1 Å². The summed E-state index contributed by atoms with van der Waals surface area (Å²) in [5.41, 5.74) is 0.268. The third-order valence-electron chi connectivity index (χ3n) is 4.10. The SMILES string of the molecule is O=C(NC1CC1)c1cccc(S(=O)(=O)N2CCC[C@@H]2C(=O)O)c1. The number of carboxylic acid groups (broad SMARTS) is 1. The van der Waals surface area contributed by atoms with Crippen molar-refractivity contribution in [3.63, 3.8) is 0 Å². The van der Waals surface area contributed by atoms with Crippen molar-refractivity contribution >= 4 is 21.9 Å². The lowest BCUT2D eigenvalue weighted by Crippen LogP contribution is -2.40. The molecule has 2 N–H and O–H groups in total. The highest BCUT2D eigenvalue weighted by Crippen LogP contribution is 2.27. The van der Waals surface area contributed by atoms with Gasteiger partial charge in [-0.15, -0.1) is 0 Å². The van der Waals surface area contributed by atoms with Gasteiger partial charge in [0.05, 0.1) is 4.90 Å². The van der Waals surface area contributed by atoms with Gasteiger partial charge in [0.1, 0.15) is 6.04 Å². The van der Waals surface area contributed by atoms with Crippen LogP contribution in [0.4, 0.5) is 0 Å². The molecule has 1 aromatic rings. The molecule has 8 heteroatoms. The number of hydrogen-bond donors (Lipinski definition) is 2. The third-order valence-corrected chi connectivity index (χ3v) is 6.01. The summed E-state index contributed by atoms with van der Waals surface area (Å²) < 4.78 is 26.4. The average molecular weight is 338 g/mol. The second kappa shape index (κ2) is 5.93. The number of aliphatic carboxylic acids is 1. The van der Waals surface area contributed by atoms with Gasteiger partial charge in [0.2, 0.25) is 10.0 Å². The molecule has 0 unspecified atom stereocenters. The summed E-state index contributed by atoms with van der Waals surface area (Å²) in [7, 11) is -3.93. The number of nitrogens with zero attached hydrogens (tertiary/aromatic N) is 1. The highest BCUT2D eigenvalue weighted by atomic mass is 32.2. The van der Waals surface area contributed by atoms with E-state index in [0.29, 0.717) is 12.8 Å². The Balaban J connectivity index is 1.87. The first kappa shape index (κ1) is 15.9. The van der Waals surface area contributed by atoms with Gasteiger partial charge >= 0.3 is 5.97 Å². The largest absolute Gasteiger partial charge is 0.480 e. The quantitative estimate of drug-likeness (QED) is 0.827. The van der Waals surface area contributed by atoms with E-state index in [1.165, 1.54) is 18.2 Å². The van der Waals surface area contributed by atoms with Crippen molar-refractivity contribution in [2.75, 3.05) is 6.54 Å². The molecule has 23 heavy (non-hydrogen) atoms. The fourth-order valence-electron chi connectivity index (χ4n) is 2.70. The second-order valence-corrected chi connectivity index (χ2v) is 7.78. The van der Waals surface area contributed by atoms with Gasteiger partial charge in [-0.3, -0.25) is 9.59 Å². The lowest BCUT2D eigenvalue weighted by atomic mass is 10.2. The fraction of sp³-hybridized carbons (Fsp3) is 0.467. The molecule has 0 aromatic heterocycles. The molecule has 2 fully saturated rings. The molecule has 1 heterocycles. The summed E-state index contributed by atoms with van der Waals surface area (Å²) in [4.78, 5) is 23.2. The van der Waals surface area contributed by atoms with Crippen LogP contribution in [0.1, 0.15) is 36.0 Å². The maximum atomic E-state index is 12.7. The van der Waals surface area contributed by atoms with E-state index in [2.05, 4.69) is 5.32 Å². The van der Waals surface area contributed by atoms with Crippen molar-refractivity contribution in [1.29, 1.82) is 0 Å². The highest BCUT2D eigenvalue weighted by molar-refractivity contribution is 7.89. The number of hydrogen-bond acceptors (Lipinski definition) is 4. The Kier molecular flexibility index (Phi) is 4.11. The highest BCUT2D eigenvalue weighted by Gasteiger charge is 2.39. The van der Waals surface area contributed by atoms with E-state index in [-0.39, 0.29) is 29.0 Å². The molecule has 7 nitrogen and oxygen atoms in total. The predicted molar refractivity (Wildman–Crippen MR) is 81.5 cm³/mol. The molecule has 0 bridgehead atoms. The Bertz CT molecular complexity index is 742. The predicted octanol–water partition coefficient (Wildman–Crippen LogP) is 0.816. The van der Waals surface area contributed by atoms with Gasteiger partial charge in [0.15, 0.2) is 0 Å². The maximum Gasteiger partial charge on any atom is 0.322 e. The number of benzene rings is 1. The van der Waals surface area contributed by atoms with Crippen LogP contribution >= 0.6 is 0 Å². The Hall–Kier alpha value is -1.93. The number of carboxylic acids is 1. The number of rotatable bonds is 5. The lowest BCUT2D eigenvalue weighted by Gasteiger charge is -2.21. The van der Waals surface area contributed by atoms with Crippen molar-refractivity contribution in [3.8, 4) is 0 Å². The van der Waals surface area contributed by atoms with Crippen LogP contribution in [0.25, 0.3) is 0 Å². The Morgan fingerprint density at radius 1 is 1.22 bits per heavy atom. The molecule has 0 radical (unpaired) electrons. The second-order valence-electron chi connectivity index (χ2n) is 5.89. The fourth-order valence-corrected chi connectivity index (χ4v) is 4.40. The van der Waals surface area contributed by atoms with Gasteiger partial charge in [0.25, 0.3) is 5.91 Å². The summed E-state index contributed by atoms with van der Waals surface area (Å²) >= 11 is 0. The summed E-state index contributed by atoms with van der Waals surface area (Å²) in [6.45, 7) is 0.178. The van der Waals surface area contributed by atoms with Gasteiger partial charge < -0.3 is 10.4 Å². The summed E-state index contributed by atoms with van der Waals surface area (Å²) in [5, 5.41) is 12.0. The molecule has 1 saturated carbocycles. The normalized spacial score (nSPS) is 22.0. The average Bonchev–Trinajstić information content (AvgIpc) is 3.17. The van der Waals surface area contributed by atoms with E-state index >= 15 is 0 Å². The monoisotopic (exact) mass is 338 g/mol. The van der Waals surface area contributed by atoms with Crippen LogP contribution in [0, 0.1) is 0 Å². The van der Waals surface area contributed by atoms with E-state index in [9.17, 15) is 23.1 Å². The van der Waals surface area contributed by atoms with Gasteiger partial charge in [-0.2, -0.15) is 4.31 Å². The van der Waals surface area contributed by atoms with E-state index in [1.807, 2.05) is 0 Å². The van der Waals surface area contributed by atoms with E-state index in [1.54, 1.807) is 6.07 Å². The first-order chi connectivity index (χ1) is 10.9. The Morgan fingerprint density at radius 3 is 2.61 bits per heavy atom. The van der Waals surface area contributed by atoms with Crippen LogP contribution in [0.5, 0.6) is 0 Å². The molecular formula is C15H18N2O5S. The van der Waals surface area contributed by atoms with E-state index in [4.69, 9.17) is 0 Å². The molecule has 3 rings (SSSR count). The zero-order valence-electron chi connectivity index (χ0n) is 12.4. The summed E-state index contributed by atoms with van der Waals surface area (Å²) in [5.74, 6) is -1.45. The number of amides is 1. The van der Waals surface area contributed by atoms with Crippen molar-refractivity contribution in [2.24, 2.45) is 0 Å². The van der Waals surface area contributed by atoms with Crippen LogP contribution in [0.2, 0.25) is 0 Å².